The Morgan fingerprint density at radius 3 is 2.10 bits per heavy atom. The summed E-state index contributed by atoms with van der Waals surface area (Å²) in [5, 5.41) is 10.3. The fourth-order valence-corrected chi connectivity index (χ4v) is 2.71. The Bertz CT molecular complexity index is 1060. The number of nitrogens with zero attached hydrogens (tertiary/aromatic N) is 1. The Morgan fingerprint density at radius 1 is 0.828 bits per heavy atom. The van der Waals surface area contributed by atoms with Crippen LogP contribution in [0.2, 0.25) is 0 Å². The normalized spacial score (nSPS) is 11.2. The highest BCUT2D eigenvalue weighted by molar-refractivity contribution is 6.05. The number of primary amides is 1. The van der Waals surface area contributed by atoms with Gasteiger partial charge in [-0.05, 0) is 53.6 Å². The van der Waals surface area contributed by atoms with E-state index in [2.05, 4.69) is 0 Å². The molecule has 0 spiro atoms. The molecule has 3 aromatic rings. The van der Waals surface area contributed by atoms with Crippen LogP contribution in [0.25, 0.3) is 11.1 Å². The van der Waals surface area contributed by atoms with Gasteiger partial charge in [0.15, 0.2) is 0 Å². The van der Waals surface area contributed by atoms with Crippen molar-refractivity contribution < 1.29 is 28.0 Å². The number of hydrogen-bond donors (Lipinski definition) is 2. The van der Waals surface area contributed by atoms with E-state index >= 15 is 0 Å². The van der Waals surface area contributed by atoms with Crippen molar-refractivity contribution in [3.05, 3.63) is 89.5 Å². The molecule has 148 valence electrons. The molecular weight excluding hydrogens is 385 g/mol. The zero-order chi connectivity index (χ0) is 21.2. The van der Waals surface area contributed by atoms with Gasteiger partial charge in [-0.15, -0.1) is 0 Å². The first-order valence-corrected chi connectivity index (χ1v) is 8.38. The largest absolute Gasteiger partial charge is 0.416 e. The predicted molar refractivity (Wildman–Crippen MR) is 100 cm³/mol. The molecule has 0 radical (unpaired) electrons. The molecule has 3 aromatic carbocycles. The number of anilines is 1. The maximum atomic E-state index is 12.9. The Hall–Kier alpha value is -3.65. The number of halogens is 3. The lowest BCUT2D eigenvalue weighted by Gasteiger charge is -2.17. The van der Waals surface area contributed by atoms with Gasteiger partial charge in [-0.1, -0.05) is 30.3 Å². The van der Waals surface area contributed by atoms with E-state index in [1.807, 2.05) is 0 Å². The minimum absolute atomic E-state index is 0.0707. The second-order valence-corrected chi connectivity index (χ2v) is 6.19. The first-order valence-electron chi connectivity index (χ1n) is 8.38. The molecule has 3 N–H and O–H groups in total. The molecule has 0 fully saturated rings. The summed E-state index contributed by atoms with van der Waals surface area (Å²) in [6.07, 6.45) is -4.60. The molecule has 0 aliphatic heterocycles. The maximum Gasteiger partial charge on any atom is 0.416 e. The summed E-state index contributed by atoms with van der Waals surface area (Å²) in [4.78, 5) is 23.7. The molecule has 0 atom stereocenters. The summed E-state index contributed by atoms with van der Waals surface area (Å²) < 4.78 is 38.6. The van der Waals surface area contributed by atoms with Crippen molar-refractivity contribution in [1.82, 2.24) is 0 Å². The van der Waals surface area contributed by atoms with Crippen molar-refractivity contribution in [2.45, 2.75) is 6.18 Å². The SMILES string of the molecule is NC(=O)c1ccc(-c2cccc(C(=O)N(O)c3cccc(C(F)(F)F)c3)c2)cc1. The van der Waals surface area contributed by atoms with Gasteiger partial charge in [-0.3, -0.25) is 14.8 Å². The molecular formula is C21H15F3N2O3. The Labute approximate surface area is 163 Å². The van der Waals surface area contributed by atoms with E-state index in [0.717, 1.165) is 12.1 Å². The van der Waals surface area contributed by atoms with Crippen LogP contribution in [0.1, 0.15) is 26.3 Å². The lowest BCUT2D eigenvalue weighted by Crippen LogP contribution is -2.27. The van der Waals surface area contributed by atoms with Gasteiger partial charge in [-0.25, -0.2) is 0 Å². The molecule has 0 unspecified atom stereocenters. The van der Waals surface area contributed by atoms with Crippen LogP contribution in [0, 0.1) is 0 Å². The fraction of sp³-hybridized carbons (Fsp3) is 0.0476. The van der Waals surface area contributed by atoms with Crippen LogP contribution in [0.4, 0.5) is 18.9 Å². The Balaban J connectivity index is 1.88. The minimum Gasteiger partial charge on any atom is -0.366 e. The van der Waals surface area contributed by atoms with Crippen molar-refractivity contribution in [1.29, 1.82) is 0 Å². The van der Waals surface area contributed by atoms with Crippen molar-refractivity contribution in [3.63, 3.8) is 0 Å². The molecule has 0 bridgehead atoms. The third kappa shape index (κ3) is 4.44. The topological polar surface area (TPSA) is 83.6 Å². The van der Waals surface area contributed by atoms with Gasteiger partial charge in [0.1, 0.15) is 0 Å². The lowest BCUT2D eigenvalue weighted by molar-refractivity contribution is -0.137. The van der Waals surface area contributed by atoms with Crippen LogP contribution in [-0.4, -0.2) is 17.0 Å². The second-order valence-electron chi connectivity index (χ2n) is 6.19. The van der Waals surface area contributed by atoms with Crippen molar-refractivity contribution in [3.8, 4) is 11.1 Å². The van der Waals surface area contributed by atoms with Crippen molar-refractivity contribution in [2.24, 2.45) is 5.73 Å². The van der Waals surface area contributed by atoms with Gasteiger partial charge in [0, 0.05) is 11.1 Å². The molecule has 5 nitrogen and oxygen atoms in total. The maximum absolute atomic E-state index is 12.9. The van der Waals surface area contributed by atoms with Crippen LogP contribution in [-0.2, 0) is 6.18 Å². The average Bonchev–Trinajstić information content (AvgIpc) is 2.72. The highest BCUT2D eigenvalue weighted by Crippen LogP contribution is 2.32. The molecule has 0 saturated heterocycles. The zero-order valence-electron chi connectivity index (χ0n) is 14.9. The Morgan fingerprint density at radius 2 is 1.48 bits per heavy atom. The van der Waals surface area contributed by atoms with E-state index in [1.165, 1.54) is 30.3 Å². The van der Waals surface area contributed by atoms with Crippen LogP contribution >= 0.6 is 0 Å². The summed E-state index contributed by atoms with van der Waals surface area (Å²) in [6.45, 7) is 0. The van der Waals surface area contributed by atoms with E-state index in [4.69, 9.17) is 5.73 Å². The first kappa shape index (κ1) is 20.1. The highest BCUT2D eigenvalue weighted by atomic mass is 19.4. The second kappa shape index (κ2) is 7.76. The number of benzene rings is 3. The number of alkyl halides is 3. The minimum atomic E-state index is -4.60. The summed E-state index contributed by atoms with van der Waals surface area (Å²) >= 11 is 0. The predicted octanol–water partition coefficient (Wildman–Crippen LogP) is 4.51. The van der Waals surface area contributed by atoms with Gasteiger partial charge >= 0.3 is 6.18 Å². The third-order valence-corrected chi connectivity index (χ3v) is 4.22. The molecule has 8 heteroatoms. The standard InChI is InChI=1S/C21H15F3N2O3/c22-21(23,24)17-5-2-6-18(12-17)26(29)20(28)16-4-1-3-15(11-16)13-7-9-14(10-8-13)19(25)27/h1-12,29H,(H2,25,27). The summed E-state index contributed by atoms with van der Waals surface area (Å²) in [5.41, 5.74) is 5.62. The van der Waals surface area contributed by atoms with E-state index in [1.54, 1.807) is 24.3 Å². The van der Waals surface area contributed by atoms with Gasteiger partial charge in [0.25, 0.3) is 5.91 Å². The van der Waals surface area contributed by atoms with Gasteiger partial charge in [0.05, 0.1) is 11.3 Å². The zero-order valence-corrected chi connectivity index (χ0v) is 14.9. The molecule has 3 rings (SSSR count). The van der Waals surface area contributed by atoms with E-state index in [9.17, 15) is 28.0 Å². The van der Waals surface area contributed by atoms with Gasteiger partial charge in [-0.2, -0.15) is 18.2 Å². The number of hydrogen-bond acceptors (Lipinski definition) is 3. The van der Waals surface area contributed by atoms with Crippen LogP contribution in [0.5, 0.6) is 0 Å². The van der Waals surface area contributed by atoms with Gasteiger partial charge < -0.3 is 5.73 Å². The molecule has 0 aliphatic carbocycles. The van der Waals surface area contributed by atoms with Gasteiger partial charge in [0.2, 0.25) is 5.91 Å². The van der Waals surface area contributed by atoms with E-state index < -0.39 is 23.6 Å². The third-order valence-electron chi connectivity index (χ3n) is 4.22. The van der Waals surface area contributed by atoms with Crippen molar-refractivity contribution >= 4 is 17.5 Å². The summed E-state index contributed by atoms with van der Waals surface area (Å²) in [6, 6.07) is 16.4. The van der Waals surface area contributed by atoms with E-state index in [-0.39, 0.29) is 16.3 Å². The van der Waals surface area contributed by atoms with Crippen LogP contribution < -0.4 is 10.8 Å². The molecule has 0 heterocycles. The van der Waals surface area contributed by atoms with E-state index in [0.29, 0.717) is 22.8 Å². The van der Waals surface area contributed by atoms with Crippen molar-refractivity contribution in [2.75, 3.05) is 5.06 Å². The summed E-state index contributed by atoms with van der Waals surface area (Å²) in [5.74, 6) is -1.46. The lowest BCUT2D eigenvalue weighted by atomic mass is 10.0. The summed E-state index contributed by atoms with van der Waals surface area (Å²) in [7, 11) is 0. The highest BCUT2D eigenvalue weighted by Gasteiger charge is 2.31. The quantitative estimate of drug-likeness (QED) is 0.499. The average molecular weight is 400 g/mol. The molecule has 0 aromatic heterocycles. The molecule has 0 aliphatic rings. The number of amides is 2. The number of nitrogens with two attached hydrogens (primary N) is 1. The number of hydroxylamine groups is 1. The molecule has 2 amide bonds. The first-order chi connectivity index (χ1) is 13.7. The Kier molecular flexibility index (Phi) is 5.38. The monoisotopic (exact) mass is 400 g/mol. The van der Waals surface area contributed by atoms with Crippen LogP contribution in [0.15, 0.2) is 72.8 Å². The fourth-order valence-electron chi connectivity index (χ4n) is 2.71. The molecule has 0 saturated carbocycles. The number of carbonyl (C=O) groups is 2. The molecule has 29 heavy (non-hydrogen) atoms. The smallest absolute Gasteiger partial charge is 0.366 e. The number of rotatable bonds is 4. The number of carbonyl (C=O) groups excluding carboxylic acids is 2. The van der Waals surface area contributed by atoms with Crippen LogP contribution in [0.3, 0.4) is 0 Å².